The highest BCUT2D eigenvalue weighted by Crippen LogP contribution is 2.23. The van der Waals surface area contributed by atoms with Gasteiger partial charge in [0.05, 0.1) is 17.6 Å². The van der Waals surface area contributed by atoms with E-state index in [9.17, 15) is 13.2 Å². The molecule has 0 bridgehead atoms. The summed E-state index contributed by atoms with van der Waals surface area (Å²) in [5.41, 5.74) is 3.38. The van der Waals surface area contributed by atoms with E-state index in [4.69, 9.17) is 4.74 Å². The van der Waals surface area contributed by atoms with Crippen molar-refractivity contribution in [1.29, 1.82) is 0 Å². The first-order valence-electron chi connectivity index (χ1n) is 8.69. The first kappa shape index (κ1) is 19.1. The van der Waals surface area contributed by atoms with E-state index in [2.05, 4.69) is 16.5 Å². The number of rotatable bonds is 6. The minimum atomic E-state index is -3.30. The fraction of sp³-hybridized carbons (Fsp3) is 0.300. The molecule has 3 rings (SSSR count). The number of aryl methyl sites for hydroxylation is 1. The molecular formula is C20H22N2O4S. The number of carbonyl (C=O) groups excluding carboxylic acids is 1. The van der Waals surface area contributed by atoms with Crippen LogP contribution in [-0.2, 0) is 27.5 Å². The van der Waals surface area contributed by atoms with Crippen LogP contribution in [0.3, 0.4) is 0 Å². The van der Waals surface area contributed by atoms with Gasteiger partial charge < -0.3 is 9.30 Å². The lowest BCUT2D eigenvalue weighted by molar-refractivity contribution is 0.0600. The second-order valence-electron chi connectivity index (χ2n) is 6.52. The molecule has 0 aliphatic rings. The largest absolute Gasteiger partial charge is 0.465 e. The zero-order valence-electron chi connectivity index (χ0n) is 15.6. The second kappa shape index (κ2) is 7.52. The van der Waals surface area contributed by atoms with E-state index in [-0.39, 0.29) is 10.9 Å². The topological polar surface area (TPSA) is 78.3 Å². The molecule has 27 heavy (non-hydrogen) atoms. The standard InChI is InChI=1S/C20H22N2O4S/c1-4-5-17-10-16-11-18(27(3,24)25)12-21-19(16)22(17)13-14-6-8-15(9-7-14)20(23)26-2/h6-12H,4-5,13H2,1-3H3. The number of benzene rings is 1. The number of sulfone groups is 1. The molecule has 0 aliphatic carbocycles. The van der Waals surface area contributed by atoms with Crippen LogP contribution < -0.4 is 0 Å². The van der Waals surface area contributed by atoms with E-state index in [0.717, 1.165) is 35.1 Å². The number of nitrogens with zero attached hydrogens (tertiary/aromatic N) is 2. The van der Waals surface area contributed by atoms with Crippen molar-refractivity contribution in [3.05, 3.63) is 59.4 Å². The predicted octanol–water partition coefficient (Wildman–Crippen LogP) is 3.23. The van der Waals surface area contributed by atoms with Crippen LogP contribution in [0.2, 0.25) is 0 Å². The number of hydrogen-bond donors (Lipinski definition) is 0. The van der Waals surface area contributed by atoms with Crippen molar-refractivity contribution in [3.8, 4) is 0 Å². The molecule has 2 heterocycles. The van der Waals surface area contributed by atoms with Gasteiger partial charge >= 0.3 is 5.97 Å². The molecule has 0 saturated carbocycles. The minimum Gasteiger partial charge on any atom is -0.465 e. The van der Waals surface area contributed by atoms with E-state index < -0.39 is 9.84 Å². The van der Waals surface area contributed by atoms with Crippen LogP contribution in [0.25, 0.3) is 11.0 Å². The third-order valence-electron chi connectivity index (χ3n) is 4.44. The summed E-state index contributed by atoms with van der Waals surface area (Å²) < 4.78 is 30.4. The van der Waals surface area contributed by atoms with E-state index in [1.807, 2.05) is 18.2 Å². The van der Waals surface area contributed by atoms with Crippen molar-refractivity contribution < 1.29 is 17.9 Å². The number of pyridine rings is 1. The van der Waals surface area contributed by atoms with Gasteiger partial charge in [0.1, 0.15) is 5.65 Å². The molecule has 0 unspecified atom stereocenters. The zero-order chi connectivity index (χ0) is 19.6. The number of methoxy groups -OCH3 is 1. The average Bonchev–Trinajstić information content (AvgIpc) is 2.98. The Bertz CT molecular complexity index is 1080. The molecule has 7 heteroatoms. The Labute approximate surface area is 158 Å². The van der Waals surface area contributed by atoms with Gasteiger partial charge in [0.2, 0.25) is 0 Å². The highest BCUT2D eigenvalue weighted by Gasteiger charge is 2.14. The fourth-order valence-electron chi connectivity index (χ4n) is 3.07. The van der Waals surface area contributed by atoms with Gasteiger partial charge in [-0.05, 0) is 36.2 Å². The normalized spacial score (nSPS) is 11.7. The molecule has 6 nitrogen and oxygen atoms in total. The lowest BCUT2D eigenvalue weighted by Crippen LogP contribution is -2.06. The Balaban J connectivity index is 2.01. The number of esters is 1. The van der Waals surface area contributed by atoms with Crippen LogP contribution in [0, 0.1) is 0 Å². The number of aromatic nitrogens is 2. The number of hydrogen-bond acceptors (Lipinski definition) is 5. The Morgan fingerprint density at radius 3 is 2.48 bits per heavy atom. The monoisotopic (exact) mass is 386 g/mol. The number of carbonyl (C=O) groups is 1. The van der Waals surface area contributed by atoms with Crippen LogP contribution >= 0.6 is 0 Å². The van der Waals surface area contributed by atoms with Gasteiger partial charge in [0.25, 0.3) is 0 Å². The molecular weight excluding hydrogens is 364 g/mol. The molecule has 0 amide bonds. The molecule has 0 spiro atoms. The predicted molar refractivity (Wildman–Crippen MR) is 104 cm³/mol. The van der Waals surface area contributed by atoms with E-state index in [1.165, 1.54) is 19.6 Å². The van der Waals surface area contributed by atoms with Gasteiger partial charge in [0.15, 0.2) is 9.84 Å². The summed E-state index contributed by atoms with van der Waals surface area (Å²) in [5.74, 6) is -0.366. The number of fused-ring (bicyclic) bond motifs is 1. The summed E-state index contributed by atoms with van der Waals surface area (Å²) in [6.45, 7) is 2.69. The zero-order valence-corrected chi connectivity index (χ0v) is 16.4. The summed E-state index contributed by atoms with van der Waals surface area (Å²) in [7, 11) is -1.94. The molecule has 0 N–H and O–H groups in total. The summed E-state index contributed by atoms with van der Waals surface area (Å²) in [6, 6.07) is 10.9. The summed E-state index contributed by atoms with van der Waals surface area (Å²) >= 11 is 0. The Kier molecular flexibility index (Phi) is 5.32. The van der Waals surface area contributed by atoms with E-state index in [0.29, 0.717) is 12.1 Å². The first-order valence-corrected chi connectivity index (χ1v) is 10.6. The number of ether oxygens (including phenoxy) is 1. The van der Waals surface area contributed by atoms with Crippen LogP contribution in [0.4, 0.5) is 0 Å². The van der Waals surface area contributed by atoms with Crippen molar-refractivity contribution in [1.82, 2.24) is 9.55 Å². The van der Waals surface area contributed by atoms with Gasteiger partial charge in [0, 0.05) is 30.1 Å². The maximum Gasteiger partial charge on any atom is 0.337 e. The molecule has 0 atom stereocenters. The molecule has 0 aliphatic heterocycles. The summed E-state index contributed by atoms with van der Waals surface area (Å²) in [6.07, 6.45) is 4.42. The Morgan fingerprint density at radius 1 is 1.19 bits per heavy atom. The molecule has 3 aromatic rings. The SMILES string of the molecule is CCCc1cc2cc(S(C)(=O)=O)cnc2n1Cc1ccc(C(=O)OC)cc1. The Morgan fingerprint density at radius 2 is 1.89 bits per heavy atom. The molecule has 2 aromatic heterocycles. The van der Waals surface area contributed by atoms with Gasteiger partial charge in [-0.15, -0.1) is 0 Å². The van der Waals surface area contributed by atoms with Gasteiger partial charge in [-0.25, -0.2) is 18.2 Å². The Hall–Kier alpha value is -2.67. The van der Waals surface area contributed by atoms with Crippen molar-refractivity contribution in [2.45, 2.75) is 31.2 Å². The lowest BCUT2D eigenvalue weighted by Gasteiger charge is -2.10. The van der Waals surface area contributed by atoms with Gasteiger partial charge in [-0.1, -0.05) is 25.5 Å². The van der Waals surface area contributed by atoms with Crippen LogP contribution in [0.1, 0.15) is 35.0 Å². The molecule has 1 aromatic carbocycles. The van der Waals surface area contributed by atoms with Crippen LogP contribution in [0.15, 0.2) is 47.5 Å². The first-order chi connectivity index (χ1) is 12.8. The maximum atomic E-state index is 11.8. The van der Waals surface area contributed by atoms with E-state index >= 15 is 0 Å². The summed E-state index contributed by atoms with van der Waals surface area (Å²) in [5, 5.41) is 0.813. The van der Waals surface area contributed by atoms with Crippen molar-refractivity contribution in [2.24, 2.45) is 0 Å². The quantitative estimate of drug-likeness (QED) is 0.608. The third kappa shape index (κ3) is 4.03. The molecule has 0 fully saturated rings. The molecule has 0 radical (unpaired) electrons. The minimum absolute atomic E-state index is 0.220. The average molecular weight is 386 g/mol. The van der Waals surface area contributed by atoms with Crippen molar-refractivity contribution in [2.75, 3.05) is 13.4 Å². The molecule has 0 saturated heterocycles. The molecule has 142 valence electrons. The summed E-state index contributed by atoms with van der Waals surface area (Å²) in [4.78, 5) is 16.2. The fourth-order valence-corrected chi connectivity index (χ4v) is 3.65. The smallest absolute Gasteiger partial charge is 0.337 e. The van der Waals surface area contributed by atoms with Gasteiger partial charge in [-0.3, -0.25) is 0 Å². The highest BCUT2D eigenvalue weighted by atomic mass is 32.2. The third-order valence-corrected chi connectivity index (χ3v) is 5.52. The maximum absolute atomic E-state index is 11.8. The lowest BCUT2D eigenvalue weighted by atomic mass is 10.1. The van der Waals surface area contributed by atoms with Crippen LogP contribution in [-0.4, -0.2) is 37.3 Å². The van der Waals surface area contributed by atoms with Crippen LogP contribution in [0.5, 0.6) is 0 Å². The van der Waals surface area contributed by atoms with Crippen molar-refractivity contribution >= 4 is 26.8 Å². The van der Waals surface area contributed by atoms with Gasteiger partial charge in [-0.2, -0.15) is 0 Å². The van der Waals surface area contributed by atoms with Crippen molar-refractivity contribution in [3.63, 3.8) is 0 Å². The second-order valence-corrected chi connectivity index (χ2v) is 8.53. The highest BCUT2D eigenvalue weighted by molar-refractivity contribution is 7.90. The van der Waals surface area contributed by atoms with E-state index in [1.54, 1.807) is 18.2 Å².